The van der Waals surface area contributed by atoms with E-state index in [2.05, 4.69) is 17.1 Å². The summed E-state index contributed by atoms with van der Waals surface area (Å²) in [6.07, 6.45) is 4.20. The van der Waals surface area contributed by atoms with Gasteiger partial charge in [0.1, 0.15) is 0 Å². The molecule has 1 aromatic rings. The molecule has 0 aromatic heterocycles. The van der Waals surface area contributed by atoms with E-state index in [1.807, 2.05) is 12.1 Å². The third-order valence-electron chi connectivity index (χ3n) is 4.89. The first kappa shape index (κ1) is 23.4. The predicted octanol–water partition coefficient (Wildman–Crippen LogP) is 3.06. The first-order chi connectivity index (χ1) is 12.6. The number of amides is 1. The van der Waals surface area contributed by atoms with Gasteiger partial charge in [0.05, 0.1) is 21.3 Å². The lowest BCUT2D eigenvalue weighted by atomic mass is 10.0. The highest BCUT2D eigenvalue weighted by molar-refractivity contribution is 5.85. The smallest absolute Gasteiger partial charge is 0.223 e. The van der Waals surface area contributed by atoms with Gasteiger partial charge in [0.2, 0.25) is 11.7 Å². The van der Waals surface area contributed by atoms with E-state index in [1.54, 1.807) is 21.3 Å². The van der Waals surface area contributed by atoms with Crippen molar-refractivity contribution in [2.75, 3.05) is 41.0 Å². The van der Waals surface area contributed by atoms with Crippen LogP contribution >= 0.6 is 12.4 Å². The van der Waals surface area contributed by atoms with E-state index < -0.39 is 0 Å². The second kappa shape index (κ2) is 11.9. The van der Waals surface area contributed by atoms with Crippen molar-refractivity contribution in [1.82, 2.24) is 10.2 Å². The number of carbonyl (C=O) groups is 1. The second-order valence-electron chi connectivity index (χ2n) is 6.60. The molecule has 0 saturated carbocycles. The monoisotopic (exact) mass is 400 g/mol. The first-order valence-corrected chi connectivity index (χ1v) is 9.43. The number of aryl methyl sites for hydroxylation is 1. The molecule has 2 rings (SSSR count). The SMILES string of the molecule is CCCN(C(=O)CCc1cc(OC)c(OC)c(OC)c1)C1CCNCC1.Cl. The summed E-state index contributed by atoms with van der Waals surface area (Å²) in [7, 11) is 4.80. The molecule has 6 nitrogen and oxygen atoms in total. The highest BCUT2D eigenvalue weighted by Gasteiger charge is 2.24. The van der Waals surface area contributed by atoms with Gasteiger partial charge >= 0.3 is 0 Å². The molecule has 1 fully saturated rings. The zero-order valence-corrected chi connectivity index (χ0v) is 17.7. The van der Waals surface area contributed by atoms with Crippen LogP contribution in [0.1, 0.15) is 38.2 Å². The average molecular weight is 401 g/mol. The van der Waals surface area contributed by atoms with E-state index in [1.165, 1.54) is 0 Å². The van der Waals surface area contributed by atoms with Gasteiger partial charge in [-0.1, -0.05) is 6.92 Å². The second-order valence-corrected chi connectivity index (χ2v) is 6.60. The van der Waals surface area contributed by atoms with Crippen molar-refractivity contribution in [3.8, 4) is 17.2 Å². The quantitative estimate of drug-likeness (QED) is 0.690. The molecule has 0 unspecified atom stereocenters. The van der Waals surface area contributed by atoms with Crippen LogP contribution in [0.3, 0.4) is 0 Å². The zero-order chi connectivity index (χ0) is 18.9. The Morgan fingerprint density at radius 1 is 1.11 bits per heavy atom. The van der Waals surface area contributed by atoms with Gasteiger partial charge in [-0.3, -0.25) is 4.79 Å². The molecule has 1 aliphatic heterocycles. The van der Waals surface area contributed by atoms with Gasteiger partial charge in [0.25, 0.3) is 0 Å². The minimum Gasteiger partial charge on any atom is -0.493 e. The number of nitrogens with zero attached hydrogens (tertiary/aromatic N) is 1. The molecule has 1 heterocycles. The Morgan fingerprint density at radius 3 is 2.19 bits per heavy atom. The number of hydrogen-bond acceptors (Lipinski definition) is 5. The number of rotatable bonds is 9. The van der Waals surface area contributed by atoms with Gasteiger partial charge in [0.15, 0.2) is 11.5 Å². The molecule has 1 saturated heterocycles. The van der Waals surface area contributed by atoms with Crippen molar-refractivity contribution < 1.29 is 19.0 Å². The molecule has 27 heavy (non-hydrogen) atoms. The summed E-state index contributed by atoms with van der Waals surface area (Å²) < 4.78 is 16.2. The van der Waals surface area contributed by atoms with Crippen LogP contribution in [0.5, 0.6) is 17.2 Å². The molecule has 1 aliphatic rings. The topological polar surface area (TPSA) is 60.0 Å². The molecule has 1 amide bonds. The molecule has 0 atom stereocenters. The fraction of sp³-hybridized carbons (Fsp3) is 0.650. The number of methoxy groups -OCH3 is 3. The number of benzene rings is 1. The lowest BCUT2D eigenvalue weighted by molar-refractivity contribution is -0.134. The number of halogens is 1. The Kier molecular flexibility index (Phi) is 10.3. The van der Waals surface area contributed by atoms with E-state index >= 15 is 0 Å². The fourth-order valence-electron chi connectivity index (χ4n) is 3.54. The van der Waals surface area contributed by atoms with E-state index in [-0.39, 0.29) is 18.3 Å². The molecule has 1 N–H and O–H groups in total. The van der Waals surface area contributed by atoms with Crippen LogP contribution in [0.15, 0.2) is 12.1 Å². The minimum atomic E-state index is 0. The van der Waals surface area contributed by atoms with Crippen LogP contribution in [0.4, 0.5) is 0 Å². The number of piperidine rings is 1. The Morgan fingerprint density at radius 2 is 1.70 bits per heavy atom. The number of hydrogen-bond donors (Lipinski definition) is 1. The van der Waals surface area contributed by atoms with Crippen LogP contribution in [0.2, 0.25) is 0 Å². The predicted molar refractivity (Wildman–Crippen MR) is 110 cm³/mol. The molecule has 154 valence electrons. The third kappa shape index (κ3) is 6.18. The summed E-state index contributed by atoms with van der Waals surface area (Å²) in [5, 5.41) is 3.37. The summed E-state index contributed by atoms with van der Waals surface area (Å²) in [4.78, 5) is 14.9. The van der Waals surface area contributed by atoms with Crippen LogP contribution in [0, 0.1) is 0 Å². The Hall–Kier alpha value is -1.66. The van der Waals surface area contributed by atoms with Crippen molar-refractivity contribution >= 4 is 18.3 Å². The van der Waals surface area contributed by atoms with E-state index in [4.69, 9.17) is 14.2 Å². The fourth-order valence-corrected chi connectivity index (χ4v) is 3.54. The maximum absolute atomic E-state index is 12.9. The Balaban J connectivity index is 0.00000364. The Labute approximate surface area is 168 Å². The lowest BCUT2D eigenvalue weighted by Gasteiger charge is -2.34. The molecule has 1 aromatic carbocycles. The molecule has 0 bridgehead atoms. The van der Waals surface area contributed by atoms with Crippen molar-refractivity contribution in [2.45, 2.75) is 45.1 Å². The third-order valence-corrected chi connectivity index (χ3v) is 4.89. The van der Waals surface area contributed by atoms with Crippen molar-refractivity contribution in [2.24, 2.45) is 0 Å². The molecular weight excluding hydrogens is 368 g/mol. The van der Waals surface area contributed by atoms with E-state index in [0.29, 0.717) is 36.1 Å². The summed E-state index contributed by atoms with van der Waals surface area (Å²) >= 11 is 0. The van der Waals surface area contributed by atoms with Gasteiger partial charge in [-0.2, -0.15) is 0 Å². The number of carbonyl (C=O) groups excluding carboxylic acids is 1. The maximum Gasteiger partial charge on any atom is 0.223 e. The molecule has 0 spiro atoms. The highest BCUT2D eigenvalue weighted by Crippen LogP contribution is 2.38. The van der Waals surface area contributed by atoms with Crippen LogP contribution < -0.4 is 19.5 Å². The van der Waals surface area contributed by atoms with Gasteiger partial charge in [-0.15, -0.1) is 12.4 Å². The van der Waals surface area contributed by atoms with Crippen LogP contribution in [0.25, 0.3) is 0 Å². The largest absolute Gasteiger partial charge is 0.493 e. The summed E-state index contributed by atoms with van der Waals surface area (Å²) in [5.41, 5.74) is 1.01. The zero-order valence-electron chi connectivity index (χ0n) is 16.9. The molecule has 7 heteroatoms. The normalized spacial score (nSPS) is 14.2. The van der Waals surface area contributed by atoms with Gasteiger partial charge < -0.3 is 24.4 Å². The van der Waals surface area contributed by atoms with Gasteiger partial charge in [-0.25, -0.2) is 0 Å². The maximum atomic E-state index is 12.9. The van der Waals surface area contributed by atoms with E-state index in [9.17, 15) is 4.79 Å². The summed E-state index contributed by atoms with van der Waals surface area (Å²) in [5.74, 6) is 2.05. The molecular formula is C20H33ClN2O4. The number of ether oxygens (including phenoxy) is 3. The lowest BCUT2D eigenvalue weighted by Crippen LogP contribution is -2.46. The number of nitrogens with one attached hydrogen (secondary N) is 1. The molecule has 0 radical (unpaired) electrons. The first-order valence-electron chi connectivity index (χ1n) is 9.43. The highest BCUT2D eigenvalue weighted by atomic mass is 35.5. The van der Waals surface area contributed by atoms with Crippen molar-refractivity contribution in [3.05, 3.63) is 17.7 Å². The van der Waals surface area contributed by atoms with Crippen LogP contribution in [-0.4, -0.2) is 57.8 Å². The minimum absolute atomic E-state index is 0. The van der Waals surface area contributed by atoms with Crippen LogP contribution in [-0.2, 0) is 11.2 Å². The van der Waals surface area contributed by atoms with Gasteiger partial charge in [-0.05, 0) is 56.5 Å². The summed E-state index contributed by atoms with van der Waals surface area (Å²) in [6, 6.07) is 4.20. The Bertz CT molecular complexity index is 566. The summed E-state index contributed by atoms with van der Waals surface area (Å²) in [6.45, 7) is 4.94. The van der Waals surface area contributed by atoms with Crippen molar-refractivity contribution in [1.29, 1.82) is 0 Å². The molecule has 0 aliphatic carbocycles. The van der Waals surface area contributed by atoms with E-state index in [0.717, 1.165) is 44.5 Å². The van der Waals surface area contributed by atoms with Crippen molar-refractivity contribution in [3.63, 3.8) is 0 Å². The average Bonchev–Trinajstić information content (AvgIpc) is 2.69. The standard InChI is InChI=1S/C20H32N2O4.ClH/c1-5-12-22(16-8-10-21-11-9-16)19(23)7-6-15-13-17(24-2)20(26-4)18(14-15)25-3;/h13-14,16,21H,5-12H2,1-4H3;1H. The van der Waals surface area contributed by atoms with Gasteiger partial charge in [0, 0.05) is 19.0 Å².